The number of halogens is 3. The van der Waals surface area contributed by atoms with E-state index in [1.54, 1.807) is 6.92 Å². The van der Waals surface area contributed by atoms with Crippen molar-refractivity contribution in [2.75, 3.05) is 6.54 Å². The Hall–Kier alpha value is -1.84. The summed E-state index contributed by atoms with van der Waals surface area (Å²) in [6.07, 6.45) is -3.57. The molecular formula is C12H17F3N4O2S. The largest absolute Gasteiger partial charge is 0.465 e. The Labute approximate surface area is 130 Å². The molecule has 22 heavy (non-hydrogen) atoms. The molecule has 0 saturated heterocycles. The number of H-pyrrole nitrogens is 1. The molecule has 1 atom stereocenters. The highest BCUT2D eigenvalue weighted by Gasteiger charge is 2.33. The van der Waals surface area contributed by atoms with Crippen molar-refractivity contribution in [2.24, 2.45) is 0 Å². The van der Waals surface area contributed by atoms with E-state index in [2.05, 4.69) is 20.6 Å². The van der Waals surface area contributed by atoms with Gasteiger partial charge in [0.15, 0.2) is 0 Å². The number of nitrogens with one attached hydrogen (secondary N) is 3. The minimum atomic E-state index is -4.54. The summed E-state index contributed by atoms with van der Waals surface area (Å²) >= 11 is 4.85. The van der Waals surface area contributed by atoms with E-state index >= 15 is 0 Å². The van der Waals surface area contributed by atoms with E-state index in [9.17, 15) is 18.0 Å². The van der Waals surface area contributed by atoms with Gasteiger partial charge in [-0.25, -0.2) is 9.78 Å². The van der Waals surface area contributed by atoms with E-state index < -0.39 is 24.0 Å². The summed E-state index contributed by atoms with van der Waals surface area (Å²) in [4.78, 5) is 17.2. The molecule has 1 unspecified atom stereocenters. The number of hydrogen-bond donors (Lipinski definition) is 4. The fourth-order valence-electron chi connectivity index (χ4n) is 1.82. The standard InChI is InChI=1S/C12H17F3N4O2S/c1-7(22)16-5-3-2-4-8(18-11(20)21)10-17-6-9(19-10)12(13,14)15/h6,8,18H,2-5H2,1H3,(H,16,22)(H,17,19)(H,20,21). The van der Waals surface area contributed by atoms with Gasteiger partial charge in [0.1, 0.15) is 11.5 Å². The van der Waals surface area contributed by atoms with Gasteiger partial charge in [0.2, 0.25) is 0 Å². The van der Waals surface area contributed by atoms with Gasteiger partial charge < -0.3 is 20.7 Å². The zero-order chi connectivity index (χ0) is 16.8. The first-order valence-corrected chi connectivity index (χ1v) is 6.97. The fourth-order valence-corrected chi connectivity index (χ4v) is 1.92. The van der Waals surface area contributed by atoms with Crippen LogP contribution in [0.15, 0.2) is 6.20 Å². The molecule has 0 aliphatic carbocycles. The molecule has 1 heterocycles. The quantitative estimate of drug-likeness (QED) is 0.453. The highest BCUT2D eigenvalue weighted by atomic mass is 32.1. The lowest BCUT2D eigenvalue weighted by Gasteiger charge is -2.15. The number of nitrogens with zero attached hydrogens (tertiary/aromatic N) is 1. The van der Waals surface area contributed by atoms with E-state index in [1.807, 2.05) is 0 Å². The van der Waals surface area contributed by atoms with Gasteiger partial charge >= 0.3 is 12.3 Å². The van der Waals surface area contributed by atoms with Crippen LogP contribution in [0.25, 0.3) is 0 Å². The Balaban J connectivity index is 2.62. The highest BCUT2D eigenvalue weighted by Crippen LogP contribution is 2.29. The van der Waals surface area contributed by atoms with Gasteiger partial charge in [0.05, 0.1) is 17.2 Å². The van der Waals surface area contributed by atoms with Crippen LogP contribution in [-0.4, -0.2) is 32.7 Å². The molecule has 1 aromatic rings. The van der Waals surface area contributed by atoms with Gasteiger partial charge in [-0.15, -0.1) is 0 Å². The van der Waals surface area contributed by atoms with Crippen LogP contribution >= 0.6 is 12.2 Å². The SMILES string of the molecule is CC(=S)NCCCCC(NC(=O)O)c1ncc(C(F)(F)F)[nH]1. The molecule has 0 saturated carbocycles. The molecule has 0 fully saturated rings. The summed E-state index contributed by atoms with van der Waals surface area (Å²) in [5, 5.41) is 13.9. The Morgan fingerprint density at radius 1 is 1.50 bits per heavy atom. The lowest BCUT2D eigenvalue weighted by molar-refractivity contribution is -0.141. The van der Waals surface area contributed by atoms with Crippen molar-refractivity contribution in [3.05, 3.63) is 17.7 Å². The first-order chi connectivity index (χ1) is 10.2. The first kappa shape index (κ1) is 18.2. The zero-order valence-electron chi connectivity index (χ0n) is 11.8. The third kappa shape index (κ3) is 6.29. The van der Waals surface area contributed by atoms with Crippen LogP contribution in [0.2, 0.25) is 0 Å². The number of imidazole rings is 1. The Kier molecular flexibility index (Phi) is 6.60. The van der Waals surface area contributed by atoms with Gasteiger partial charge in [0.25, 0.3) is 0 Å². The number of carboxylic acid groups (broad SMARTS) is 1. The Morgan fingerprint density at radius 3 is 2.68 bits per heavy atom. The van der Waals surface area contributed by atoms with Crippen molar-refractivity contribution in [1.82, 2.24) is 20.6 Å². The van der Waals surface area contributed by atoms with Gasteiger partial charge in [0, 0.05) is 6.54 Å². The molecule has 6 nitrogen and oxygen atoms in total. The molecule has 0 radical (unpaired) electrons. The lowest BCUT2D eigenvalue weighted by Crippen LogP contribution is -2.28. The molecule has 0 aromatic carbocycles. The molecule has 0 aliphatic rings. The molecule has 124 valence electrons. The smallest absolute Gasteiger partial charge is 0.432 e. The van der Waals surface area contributed by atoms with Crippen molar-refractivity contribution in [2.45, 2.75) is 38.4 Å². The Bertz CT molecular complexity index is 519. The summed E-state index contributed by atoms with van der Waals surface area (Å²) in [6.45, 7) is 2.37. The number of aromatic nitrogens is 2. The minimum absolute atomic E-state index is 0.0475. The fraction of sp³-hybridized carbons (Fsp3) is 0.583. The van der Waals surface area contributed by atoms with E-state index in [0.717, 1.165) is 0 Å². The topological polar surface area (TPSA) is 90.0 Å². The molecule has 0 aliphatic heterocycles. The number of rotatable bonds is 7. The number of thiocarbonyl (C=S) groups is 1. The lowest BCUT2D eigenvalue weighted by atomic mass is 10.1. The van der Waals surface area contributed by atoms with Crippen LogP contribution in [0.5, 0.6) is 0 Å². The van der Waals surface area contributed by atoms with E-state index in [1.165, 1.54) is 0 Å². The molecule has 4 N–H and O–H groups in total. The number of hydrogen-bond acceptors (Lipinski definition) is 3. The number of aromatic amines is 1. The average Bonchev–Trinajstić information content (AvgIpc) is 2.85. The number of unbranched alkanes of at least 4 members (excludes halogenated alkanes) is 1. The van der Waals surface area contributed by atoms with Crippen LogP contribution < -0.4 is 10.6 Å². The summed E-state index contributed by atoms with van der Waals surface area (Å²) in [5.74, 6) is -0.0475. The maximum atomic E-state index is 12.5. The van der Waals surface area contributed by atoms with Crippen LogP contribution in [0, 0.1) is 0 Å². The van der Waals surface area contributed by atoms with Crippen molar-refractivity contribution >= 4 is 23.3 Å². The number of carbonyl (C=O) groups is 1. The molecule has 0 spiro atoms. The normalized spacial score (nSPS) is 12.7. The first-order valence-electron chi connectivity index (χ1n) is 6.56. The van der Waals surface area contributed by atoms with Gasteiger partial charge in [-0.3, -0.25) is 0 Å². The van der Waals surface area contributed by atoms with Crippen LogP contribution in [0.4, 0.5) is 18.0 Å². The molecule has 1 amide bonds. The summed E-state index contributed by atoms with van der Waals surface area (Å²) in [5.41, 5.74) is -1.00. The zero-order valence-corrected chi connectivity index (χ0v) is 12.6. The van der Waals surface area contributed by atoms with Crippen molar-refractivity contribution in [3.63, 3.8) is 0 Å². The minimum Gasteiger partial charge on any atom is -0.465 e. The van der Waals surface area contributed by atoms with E-state index in [4.69, 9.17) is 17.3 Å². The third-order valence-corrected chi connectivity index (χ3v) is 2.97. The van der Waals surface area contributed by atoms with Crippen LogP contribution in [-0.2, 0) is 6.18 Å². The second-order valence-electron chi connectivity index (χ2n) is 4.66. The van der Waals surface area contributed by atoms with Crippen LogP contribution in [0.1, 0.15) is 43.7 Å². The van der Waals surface area contributed by atoms with Crippen molar-refractivity contribution < 1.29 is 23.1 Å². The predicted octanol–water partition coefficient (Wildman–Crippen LogP) is 2.84. The van der Waals surface area contributed by atoms with Crippen molar-refractivity contribution in [3.8, 4) is 0 Å². The Morgan fingerprint density at radius 2 is 2.18 bits per heavy atom. The summed E-state index contributed by atoms with van der Waals surface area (Å²) < 4.78 is 37.6. The molecule has 1 rings (SSSR count). The van der Waals surface area contributed by atoms with Gasteiger partial charge in [-0.05, 0) is 26.2 Å². The maximum Gasteiger partial charge on any atom is 0.432 e. The molecule has 10 heteroatoms. The summed E-state index contributed by atoms with van der Waals surface area (Å²) in [6, 6.07) is -0.817. The highest BCUT2D eigenvalue weighted by molar-refractivity contribution is 7.80. The molecule has 1 aromatic heterocycles. The van der Waals surface area contributed by atoms with Gasteiger partial charge in [-0.2, -0.15) is 13.2 Å². The van der Waals surface area contributed by atoms with Crippen molar-refractivity contribution in [1.29, 1.82) is 0 Å². The second-order valence-corrected chi connectivity index (χ2v) is 5.27. The predicted molar refractivity (Wildman–Crippen MR) is 77.6 cm³/mol. The van der Waals surface area contributed by atoms with Crippen LogP contribution in [0.3, 0.4) is 0 Å². The molecule has 0 bridgehead atoms. The number of alkyl halides is 3. The number of amides is 1. The summed E-state index contributed by atoms with van der Waals surface area (Å²) in [7, 11) is 0. The monoisotopic (exact) mass is 338 g/mol. The van der Waals surface area contributed by atoms with E-state index in [0.29, 0.717) is 37.0 Å². The van der Waals surface area contributed by atoms with E-state index in [-0.39, 0.29) is 5.82 Å². The van der Waals surface area contributed by atoms with Gasteiger partial charge in [-0.1, -0.05) is 12.2 Å². The second kappa shape index (κ2) is 7.97. The average molecular weight is 338 g/mol. The third-order valence-electron chi connectivity index (χ3n) is 2.82. The maximum absolute atomic E-state index is 12.5. The molecular weight excluding hydrogens is 321 g/mol.